The number of nitrogens with two attached hydrogens (primary N) is 1. The lowest BCUT2D eigenvalue weighted by Gasteiger charge is -2.09. The third-order valence-electron chi connectivity index (χ3n) is 2.35. The lowest BCUT2D eigenvalue weighted by Crippen LogP contribution is -1.99. The van der Waals surface area contributed by atoms with Crippen molar-refractivity contribution >= 4 is 17.3 Å². The number of nitrogen functional groups attached to an aromatic ring is 1. The number of hydrogen-bond donors (Lipinski definition) is 1. The molecule has 0 heterocycles. The second-order valence-corrected chi connectivity index (χ2v) is 4.16. The van der Waals surface area contributed by atoms with Gasteiger partial charge in [-0.15, -0.1) is 0 Å². The molecule has 2 rings (SSSR count). The van der Waals surface area contributed by atoms with Crippen LogP contribution in [0.3, 0.4) is 0 Å². The first-order chi connectivity index (χ1) is 8.56. The minimum atomic E-state index is -0.907. The SMILES string of the molecule is Nc1ccc(Cl)cc1OCc1ccc(F)c(F)c1. The van der Waals surface area contributed by atoms with Crippen molar-refractivity contribution in [2.24, 2.45) is 0 Å². The Morgan fingerprint density at radius 3 is 2.56 bits per heavy atom. The van der Waals surface area contributed by atoms with Crippen LogP contribution in [0.1, 0.15) is 5.56 Å². The van der Waals surface area contributed by atoms with E-state index in [4.69, 9.17) is 22.1 Å². The van der Waals surface area contributed by atoms with Crippen LogP contribution < -0.4 is 10.5 Å². The van der Waals surface area contributed by atoms with Crippen molar-refractivity contribution in [1.29, 1.82) is 0 Å². The highest BCUT2D eigenvalue weighted by molar-refractivity contribution is 6.30. The fourth-order valence-electron chi connectivity index (χ4n) is 1.42. The summed E-state index contributed by atoms with van der Waals surface area (Å²) in [7, 11) is 0. The van der Waals surface area contributed by atoms with E-state index >= 15 is 0 Å². The molecular formula is C13H10ClF2NO. The Morgan fingerprint density at radius 2 is 1.83 bits per heavy atom. The van der Waals surface area contributed by atoms with E-state index in [1.165, 1.54) is 6.07 Å². The average Bonchev–Trinajstić information content (AvgIpc) is 2.34. The summed E-state index contributed by atoms with van der Waals surface area (Å²) in [5.74, 6) is -1.39. The monoisotopic (exact) mass is 269 g/mol. The molecule has 0 spiro atoms. The lowest BCUT2D eigenvalue weighted by molar-refractivity contribution is 0.307. The molecule has 0 unspecified atom stereocenters. The maximum Gasteiger partial charge on any atom is 0.159 e. The third kappa shape index (κ3) is 2.90. The molecule has 0 amide bonds. The van der Waals surface area contributed by atoms with E-state index in [0.717, 1.165) is 12.1 Å². The van der Waals surface area contributed by atoms with Crippen LogP contribution in [-0.4, -0.2) is 0 Å². The van der Waals surface area contributed by atoms with E-state index in [-0.39, 0.29) is 6.61 Å². The molecular weight excluding hydrogens is 260 g/mol. The van der Waals surface area contributed by atoms with Gasteiger partial charge in [0, 0.05) is 11.1 Å². The maximum absolute atomic E-state index is 13.0. The second kappa shape index (κ2) is 5.23. The van der Waals surface area contributed by atoms with Gasteiger partial charge in [0.25, 0.3) is 0 Å². The number of benzene rings is 2. The first-order valence-corrected chi connectivity index (χ1v) is 5.56. The Morgan fingerprint density at radius 1 is 1.06 bits per heavy atom. The molecule has 2 N–H and O–H groups in total. The summed E-state index contributed by atoms with van der Waals surface area (Å²) >= 11 is 5.80. The molecule has 0 aromatic heterocycles. The van der Waals surface area contributed by atoms with E-state index < -0.39 is 11.6 Å². The minimum absolute atomic E-state index is 0.0851. The second-order valence-electron chi connectivity index (χ2n) is 3.72. The van der Waals surface area contributed by atoms with Crippen molar-refractivity contribution in [3.63, 3.8) is 0 Å². The number of halogens is 3. The van der Waals surface area contributed by atoms with Gasteiger partial charge in [0.1, 0.15) is 12.4 Å². The molecule has 0 fully saturated rings. The van der Waals surface area contributed by atoms with Gasteiger partial charge in [-0.3, -0.25) is 0 Å². The van der Waals surface area contributed by atoms with Crippen molar-refractivity contribution in [2.75, 3.05) is 5.73 Å². The van der Waals surface area contributed by atoms with Gasteiger partial charge in [-0.25, -0.2) is 8.78 Å². The Balaban J connectivity index is 2.11. The van der Waals surface area contributed by atoms with Crippen molar-refractivity contribution in [1.82, 2.24) is 0 Å². The van der Waals surface area contributed by atoms with E-state index in [1.54, 1.807) is 18.2 Å². The number of ether oxygens (including phenoxy) is 1. The van der Waals surface area contributed by atoms with Crippen molar-refractivity contribution < 1.29 is 13.5 Å². The van der Waals surface area contributed by atoms with Crippen LogP contribution in [0.15, 0.2) is 36.4 Å². The molecule has 0 atom stereocenters. The topological polar surface area (TPSA) is 35.2 Å². The smallest absolute Gasteiger partial charge is 0.159 e. The highest BCUT2D eigenvalue weighted by Crippen LogP contribution is 2.26. The molecule has 0 aliphatic rings. The molecule has 0 aliphatic carbocycles. The van der Waals surface area contributed by atoms with Crippen LogP contribution in [0.5, 0.6) is 5.75 Å². The molecule has 2 nitrogen and oxygen atoms in total. The highest BCUT2D eigenvalue weighted by atomic mass is 35.5. The van der Waals surface area contributed by atoms with Crippen molar-refractivity contribution in [2.45, 2.75) is 6.61 Å². The van der Waals surface area contributed by atoms with Gasteiger partial charge in [0.05, 0.1) is 5.69 Å². The predicted molar refractivity (Wildman–Crippen MR) is 66.6 cm³/mol. The summed E-state index contributed by atoms with van der Waals surface area (Å²) < 4.78 is 31.1. The summed E-state index contributed by atoms with van der Waals surface area (Å²) in [6, 6.07) is 8.39. The molecule has 0 radical (unpaired) electrons. The Bertz CT molecular complexity index is 575. The standard InChI is InChI=1S/C13H10ClF2NO/c14-9-2-4-12(17)13(6-9)18-7-8-1-3-10(15)11(16)5-8/h1-6H,7,17H2. The predicted octanol–water partition coefficient (Wildman–Crippen LogP) is 3.78. The first kappa shape index (κ1) is 12.6. The third-order valence-corrected chi connectivity index (χ3v) is 2.59. The fraction of sp³-hybridized carbons (Fsp3) is 0.0769. The van der Waals surface area contributed by atoms with E-state index in [1.807, 2.05) is 0 Å². The van der Waals surface area contributed by atoms with Crippen LogP contribution in [0.2, 0.25) is 5.02 Å². The lowest BCUT2D eigenvalue weighted by atomic mass is 10.2. The van der Waals surface area contributed by atoms with Gasteiger partial charge in [-0.05, 0) is 29.8 Å². The number of rotatable bonds is 3. The van der Waals surface area contributed by atoms with Gasteiger partial charge in [0.15, 0.2) is 11.6 Å². The van der Waals surface area contributed by atoms with E-state index in [2.05, 4.69) is 0 Å². The zero-order valence-corrected chi connectivity index (χ0v) is 10.0. The van der Waals surface area contributed by atoms with Crippen LogP contribution in [0.25, 0.3) is 0 Å². The summed E-state index contributed by atoms with van der Waals surface area (Å²) in [6.07, 6.45) is 0. The summed E-state index contributed by atoms with van der Waals surface area (Å²) in [5.41, 5.74) is 6.63. The van der Waals surface area contributed by atoms with Crippen molar-refractivity contribution in [3.05, 3.63) is 58.6 Å². The van der Waals surface area contributed by atoms with Gasteiger partial charge in [-0.1, -0.05) is 17.7 Å². The van der Waals surface area contributed by atoms with Gasteiger partial charge < -0.3 is 10.5 Å². The van der Waals surface area contributed by atoms with Crippen molar-refractivity contribution in [3.8, 4) is 5.75 Å². The zero-order chi connectivity index (χ0) is 13.1. The molecule has 5 heteroatoms. The molecule has 0 aliphatic heterocycles. The largest absolute Gasteiger partial charge is 0.487 e. The molecule has 0 bridgehead atoms. The van der Waals surface area contributed by atoms with Crippen LogP contribution in [-0.2, 0) is 6.61 Å². The summed E-state index contributed by atoms with van der Waals surface area (Å²) in [5, 5.41) is 0.490. The summed E-state index contributed by atoms with van der Waals surface area (Å²) in [4.78, 5) is 0. The van der Waals surface area contributed by atoms with Gasteiger partial charge >= 0.3 is 0 Å². The molecule has 18 heavy (non-hydrogen) atoms. The average molecular weight is 270 g/mol. The quantitative estimate of drug-likeness (QED) is 0.861. The number of anilines is 1. The first-order valence-electron chi connectivity index (χ1n) is 5.18. The molecule has 94 valence electrons. The fourth-order valence-corrected chi connectivity index (χ4v) is 1.59. The highest BCUT2D eigenvalue weighted by Gasteiger charge is 2.05. The molecule has 0 saturated heterocycles. The van der Waals surface area contributed by atoms with Crippen LogP contribution in [0, 0.1) is 11.6 Å². The molecule has 0 saturated carbocycles. The van der Waals surface area contributed by atoms with E-state index in [0.29, 0.717) is 22.0 Å². The van der Waals surface area contributed by atoms with Gasteiger partial charge in [0.2, 0.25) is 0 Å². The van der Waals surface area contributed by atoms with Gasteiger partial charge in [-0.2, -0.15) is 0 Å². The minimum Gasteiger partial charge on any atom is -0.487 e. The normalized spacial score (nSPS) is 10.4. The maximum atomic E-state index is 13.0. The summed E-state index contributed by atoms with van der Waals surface area (Å²) in [6.45, 7) is 0.0851. The van der Waals surface area contributed by atoms with E-state index in [9.17, 15) is 8.78 Å². The molecule has 2 aromatic carbocycles. The number of hydrogen-bond acceptors (Lipinski definition) is 2. The Labute approximate surface area is 108 Å². The zero-order valence-electron chi connectivity index (χ0n) is 9.29. The van der Waals surface area contributed by atoms with Crippen LogP contribution in [0.4, 0.5) is 14.5 Å². The van der Waals surface area contributed by atoms with Crippen LogP contribution >= 0.6 is 11.6 Å². The Kier molecular flexibility index (Phi) is 3.67. The molecule has 2 aromatic rings. The Hall–Kier alpha value is -1.81.